The van der Waals surface area contributed by atoms with Crippen molar-refractivity contribution in [2.24, 2.45) is 0 Å². The van der Waals surface area contributed by atoms with Crippen LogP contribution in [0.2, 0.25) is 0 Å². The fourth-order valence-corrected chi connectivity index (χ4v) is 3.25. The van der Waals surface area contributed by atoms with Gasteiger partial charge >= 0.3 is 6.61 Å². The van der Waals surface area contributed by atoms with E-state index in [0.29, 0.717) is 40.5 Å². The Kier molecular flexibility index (Phi) is 5.98. The molecule has 2 aromatic heterocycles. The highest BCUT2D eigenvalue weighted by molar-refractivity contribution is 5.91. The van der Waals surface area contributed by atoms with Crippen LogP contribution < -0.4 is 19.8 Å². The number of fused-ring (bicyclic) bond motifs is 1. The summed E-state index contributed by atoms with van der Waals surface area (Å²) in [5.41, 5.74) is 1.65. The molecule has 0 saturated carbocycles. The van der Waals surface area contributed by atoms with Crippen LogP contribution in [0.3, 0.4) is 0 Å². The van der Waals surface area contributed by atoms with E-state index in [1.807, 2.05) is 6.92 Å². The van der Waals surface area contributed by atoms with Gasteiger partial charge in [-0.1, -0.05) is 12.1 Å². The second-order valence-corrected chi connectivity index (χ2v) is 6.64. The molecule has 0 radical (unpaired) electrons. The van der Waals surface area contributed by atoms with Gasteiger partial charge in [-0.15, -0.1) is 0 Å². The van der Waals surface area contributed by atoms with E-state index in [1.54, 1.807) is 43.5 Å². The summed E-state index contributed by atoms with van der Waals surface area (Å²) < 4.78 is 41.4. The average molecular weight is 439 g/mol. The fourth-order valence-electron chi connectivity index (χ4n) is 3.25. The third-order valence-corrected chi connectivity index (χ3v) is 4.68. The predicted molar refractivity (Wildman–Crippen MR) is 115 cm³/mol. The zero-order valence-corrected chi connectivity index (χ0v) is 17.3. The highest BCUT2D eigenvalue weighted by atomic mass is 19.3. The standard InChI is InChI=1S/C23H19F2N3O4/c1-3-31-19-13-12-18-21(26-19)20(14-4-8-17(9-5-14)32-23(24)25)22(29)28(27-18)15-6-10-16(30-2)11-7-15/h4-13,23H,3H2,1-2H3. The minimum absolute atomic E-state index is 0.0134. The van der Waals surface area contributed by atoms with Crippen LogP contribution in [-0.2, 0) is 0 Å². The van der Waals surface area contributed by atoms with Crippen molar-refractivity contribution in [1.29, 1.82) is 0 Å². The molecule has 0 spiro atoms. The first-order valence-electron chi connectivity index (χ1n) is 9.76. The van der Waals surface area contributed by atoms with Gasteiger partial charge in [-0.05, 0) is 55.0 Å². The molecule has 0 fully saturated rings. The fraction of sp³-hybridized carbons (Fsp3) is 0.174. The van der Waals surface area contributed by atoms with E-state index in [2.05, 4.69) is 14.8 Å². The topological polar surface area (TPSA) is 75.5 Å². The number of hydrogen-bond donors (Lipinski definition) is 0. The van der Waals surface area contributed by atoms with E-state index in [9.17, 15) is 13.6 Å². The molecule has 4 aromatic rings. The second kappa shape index (κ2) is 9.01. The normalized spacial score (nSPS) is 11.0. The smallest absolute Gasteiger partial charge is 0.387 e. The van der Waals surface area contributed by atoms with Gasteiger partial charge in [0.1, 0.15) is 22.5 Å². The molecule has 0 saturated heterocycles. The summed E-state index contributed by atoms with van der Waals surface area (Å²) in [4.78, 5) is 18.0. The summed E-state index contributed by atoms with van der Waals surface area (Å²) in [5, 5.41) is 4.47. The number of rotatable bonds is 7. The summed E-state index contributed by atoms with van der Waals surface area (Å²) in [5.74, 6) is 0.975. The molecule has 164 valence electrons. The van der Waals surface area contributed by atoms with E-state index in [-0.39, 0.29) is 11.3 Å². The van der Waals surface area contributed by atoms with Crippen LogP contribution in [0.5, 0.6) is 17.4 Å². The zero-order chi connectivity index (χ0) is 22.7. The van der Waals surface area contributed by atoms with Crippen molar-refractivity contribution < 1.29 is 23.0 Å². The SMILES string of the molecule is CCOc1ccc2nn(-c3ccc(OC)cc3)c(=O)c(-c3ccc(OC(F)F)cc3)c2n1. The number of halogens is 2. The lowest BCUT2D eigenvalue weighted by atomic mass is 10.1. The number of alkyl halides is 2. The minimum Gasteiger partial charge on any atom is -0.497 e. The van der Waals surface area contributed by atoms with Gasteiger partial charge in [-0.25, -0.2) is 4.98 Å². The molecule has 0 unspecified atom stereocenters. The lowest BCUT2D eigenvalue weighted by Crippen LogP contribution is -2.23. The van der Waals surface area contributed by atoms with Crippen molar-refractivity contribution in [1.82, 2.24) is 14.8 Å². The molecular weight excluding hydrogens is 420 g/mol. The van der Waals surface area contributed by atoms with Crippen molar-refractivity contribution in [3.05, 3.63) is 71.0 Å². The van der Waals surface area contributed by atoms with Crippen LogP contribution in [-0.4, -0.2) is 35.1 Å². The molecule has 2 heterocycles. The number of nitrogens with zero attached hydrogens (tertiary/aromatic N) is 3. The Morgan fingerprint density at radius 1 is 0.969 bits per heavy atom. The zero-order valence-electron chi connectivity index (χ0n) is 17.3. The summed E-state index contributed by atoms with van der Waals surface area (Å²) in [7, 11) is 1.55. The van der Waals surface area contributed by atoms with Crippen molar-refractivity contribution in [3.8, 4) is 34.2 Å². The molecule has 2 aromatic carbocycles. The molecule has 0 amide bonds. The molecule has 0 aliphatic heterocycles. The number of aromatic nitrogens is 3. The van der Waals surface area contributed by atoms with Crippen molar-refractivity contribution >= 4 is 11.0 Å². The van der Waals surface area contributed by atoms with Gasteiger partial charge < -0.3 is 14.2 Å². The van der Waals surface area contributed by atoms with Crippen LogP contribution >= 0.6 is 0 Å². The second-order valence-electron chi connectivity index (χ2n) is 6.64. The summed E-state index contributed by atoms with van der Waals surface area (Å²) in [6, 6.07) is 16.1. The molecule has 0 N–H and O–H groups in total. The Bertz CT molecular complexity index is 1290. The highest BCUT2D eigenvalue weighted by Crippen LogP contribution is 2.28. The number of hydrogen-bond acceptors (Lipinski definition) is 6. The molecule has 9 heteroatoms. The van der Waals surface area contributed by atoms with Crippen molar-refractivity contribution in [2.75, 3.05) is 13.7 Å². The first-order valence-corrected chi connectivity index (χ1v) is 9.76. The Balaban J connectivity index is 1.93. The Morgan fingerprint density at radius 2 is 1.66 bits per heavy atom. The lowest BCUT2D eigenvalue weighted by molar-refractivity contribution is -0.0498. The molecule has 0 atom stereocenters. The number of pyridine rings is 1. The van der Waals surface area contributed by atoms with E-state index in [1.165, 1.54) is 28.9 Å². The number of ether oxygens (including phenoxy) is 3. The van der Waals surface area contributed by atoms with E-state index in [4.69, 9.17) is 9.47 Å². The van der Waals surface area contributed by atoms with Crippen LogP contribution in [0.1, 0.15) is 6.92 Å². The largest absolute Gasteiger partial charge is 0.497 e. The average Bonchev–Trinajstić information content (AvgIpc) is 2.79. The van der Waals surface area contributed by atoms with Crippen LogP contribution in [0.15, 0.2) is 65.5 Å². The molecule has 7 nitrogen and oxygen atoms in total. The third kappa shape index (κ3) is 4.22. The van der Waals surface area contributed by atoms with E-state index < -0.39 is 12.2 Å². The Labute approximate surface area is 181 Å². The van der Waals surface area contributed by atoms with Gasteiger partial charge in [0.2, 0.25) is 5.88 Å². The molecule has 0 aliphatic carbocycles. The first kappa shape index (κ1) is 21.2. The predicted octanol–water partition coefficient (Wildman–Crippen LogP) is 4.46. The van der Waals surface area contributed by atoms with Crippen LogP contribution in [0, 0.1) is 0 Å². The van der Waals surface area contributed by atoms with Gasteiger partial charge in [0.05, 0.1) is 25.0 Å². The van der Waals surface area contributed by atoms with Gasteiger partial charge in [0.25, 0.3) is 5.56 Å². The molecule has 32 heavy (non-hydrogen) atoms. The summed E-state index contributed by atoms with van der Waals surface area (Å²) in [6.45, 7) is -0.705. The van der Waals surface area contributed by atoms with Gasteiger partial charge in [0, 0.05) is 6.07 Å². The van der Waals surface area contributed by atoms with Crippen LogP contribution in [0.4, 0.5) is 8.78 Å². The molecule has 0 bridgehead atoms. The maximum atomic E-state index is 13.5. The van der Waals surface area contributed by atoms with E-state index >= 15 is 0 Å². The van der Waals surface area contributed by atoms with Gasteiger partial charge in [-0.3, -0.25) is 4.79 Å². The molecule has 4 rings (SSSR count). The number of methoxy groups -OCH3 is 1. The van der Waals surface area contributed by atoms with E-state index in [0.717, 1.165) is 0 Å². The van der Waals surface area contributed by atoms with Crippen molar-refractivity contribution in [2.45, 2.75) is 13.5 Å². The lowest BCUT2D eigenvalue weighted by Gasteiger charge is -2.13. The minimum atomic E-state index is -2.94. The maximum Gasteiger partial charge on any atom is 0.387 e. The van der Waals surface area contributed by atoms with Crippen LogP contribution in [0.25, 0.3) is 27.8 Å². The highest BCUT2D eigenvalue weighted by Gasteiger charge is 2.17. The summed E-state index contributed by atoms with van der Waals surface area (Å²) in [6.07, 6.45) is 0. The van der Waals surface area contributed by atoms with Gasteiger partial charge in [-0.2, -0.15) is 18.6 Å². The quantitative estimate of drug-likeness (QED) is 0.423. The molecular formula is C23H19F2N3O4. The molecule has 0 aliphatic rings. The number of benzene rings is 2. The first-order chi connectivity index (χ1) is 15.5. The Morgan fingerprint density at radius 3 is 2.28 bits per heavy atom. The van der Waals surface area contributed by atoms with Gasteiger partial charge in [0.15, 0.2) is 0 Å². The maximum absolute atomic E-state index is 13.5. The monoisotopic (exact) mass is 439 g/mol. The summed E-state index contributed by atoms with van der Waals surface area (Å²) >= 11 is 0. The van der Waals surface area contributed by atoms with Crippen molar-refractivity contribution in [3.63, 3.8) is 0 Å². The third-order valence-electron chi connectivity index (χ3n) is 4.68. The Hall–Kier alpha value is -4.01.